The number of para-hydroxylation sites is 1. The smallest absolute Gasteiger partial charge is 0.123 e. The van der Waals surface area contributed by atoms with Gasteiger partial charge in [0.05, 0.1) is 13.7 Å². The highest BCUT2D eigenvalue weighted by Crippen LogP contribution is 2.28. The zero-order valence-corrected chi connectivity index (χ0v) is 11.1. The summed E-state index contributed by atoms with van der Waals surface area (Å²) in [6.45, 7) is 0.979. The summed E-state index contributed by atoms with van der Waals surface area (Å²) in [5.74, 6) is 0.911. The van der Waals surface area contributed by atoms with E-state index in [9.17, 15) is 5.11 Å². The van der Waals surface area contributed by atoms with Crippen molar-refractivity contribution in [3.63, 3.8) is 0 Å². The quantitative estimate of drug-likeness (QED) is 0.842. The van der Waals surface area contributed by atoms with E-state index in [0.717, 1.165) is 30.7 Å². The largest absolute Gasteiger partial charge is 0.496 e. The van der Waals surface area contributed by atoms with Crippen LogP contribution in [-0.4, -0.2) is 24.4 Å². The second-order valence-electron chi connectivity index (χ2n) is 5.16. The lowest BCUT2D eigenvalue weighted by Gasteiger charge is -2.36. The Kier molecular flexibility index (Phi) is 4.61. The lowest BCUT2D eigenvalue weighted by molar-refractivity contribution is 0.119. The molecule has 1 aromatic rings. The molecule has 0 aromatic heterocycles. The van der Waals surface area contributed by atoms with Crippen molar-refractivity contribution in [2.24, 2.45) is 0 Å². The summed E-state index contributed by atoms with van der Waals surface area (Å²) in [4.78, 5) is 0. The molecule has 1 aliphatic carbocycles. The molecule has 0 bridgehead atoms. The number of methoxy groups -OCH3 is 1. The third kappa shape index (κ3) is 3.03. The van der Waals surface area contributed by atoms with Crippen molar-refractivity contribution in [2.45, 2.75) is 44.2 Å². The molecule has 0 heterocycles. The van der Waals surface area contributed by atoms with Crippen molar-refractivity contribution >= 4 is 0 Å². The SMILES string of the molecule is COc1ccccc1CNC1(CO)CCCCC1. The molecule has 100 valence electrons. The molecule has 1 saturated carbocycles. The second kappa shape index (κ2) is 6.21. The molecule has 0 amide bonds. The van der Waals surface area contributed by atoms with E-state index in [2.05, 4.69) is 11.4 Å². The lowest BCUT2D eigenvalue weighted by atomic mass is 9.82. The fraction of sp³-hybridized carbons (Fsp3) is 0.600. The summed E-state index contributed by atoms with van der Waals surface area (Å²) >= 11 is 0. The van der Waals surface area contributed by atoms with Gasteiger partial charge in [0, 0.05) is 17.6 Å². The highest BCUT2D eigenvalue weighted by Gasteiger charge is 2.30. The summed E-state index contributed by atoms with van der Waals surface area (Å²) in [6.07, 6.45) is 5.84. The monoisotopic (exact) mass is 249 g/mol. The molecular weight excluding hydrogens is 226 g/mol. The van der Waals surface area contributed by atoms with Crippen molar-refractivity contribution in [3.05, 3.63) is 29.8 Å². The van der Waals surface area contributed by atoms with Crippen molar-refractivity contribution in [3.8, 4) is 5.75 Å². The summed E-state index contributed by atoms with van der Waals surface area (Å²) in [5.41, 5.74) is 1.07. The Morgan fingerprint density at radius 3 is 2.61 bits per heavy atom. The fourth-order valence-electron chi connectivity index (χ4n) is 2.75. The van der Waals surface area contributed by atoms with E-state index in [1.165, 1.54) is 19.3 Å². The van der Waals surface area contributed by atoms with Gasteiger partial charge in [0.2, 0.25) is 0 Å². The zero-order valence-electron chi connectivity index (χ0n) is 11.1. The molecular formula is C15H23NO2. The number of ether oxygens (including phenoxy) is 1. The van der Waals surface area contributed by atoms with Gasteiger partial charge in [-0.2, -0.15) is 0 Å². The molecule has 0 atom stereocenters. The molecule has 0 saturated heterocycles. The van der Waals surface area contributed by atoms with E-state index in [-0.39, 0.29) is 12.1 Å². The van der Waals surface area contributed by atoms with Crippen LogP contribution in [0, 0.1) is 0 Å². The Balaban J connectivity index is 2.01. The summed E-state index contributed by atoms with van der Waals surface area (Å²) < 4.78 is 5.35. The second-order valence-corrected chi connectivity index (χ2v) is 5.16. The predicted molar refractivity (Wildman–Crippen MR) is 72.7 cm³/mol. The highest BCUT2D eigenvalue weighted by molar-refractivity contribution is 5.33. The minimum Gasteiger partial charge on any atom is -0.496 e. The molecule has 2 N–H and O–H groups in total. The molecule has 1 fully saturated rings. The van der Waals surface area contributed by atoms with E-state index < -0.39 is 0 Å². The van der Waals surface area contributed by atoms with Gasteiger partial charge in [-0.05, 0) is 18.9 Å². The van der Waals surface area contributed by atoms with E-state index in [4.69, 9.17) is 4.74 Å². The molecule has 3 heteroatoms. The Hall–Kier alpha value is -1.06. The minimum atomic E-state index is -0.0842. The predicted octanol–water partition coefficient (Wildman–Crippen LogP) is 2.48. The van der Waals surface area contributed by atoms with E-state index in [1.807, 2.05) is 18.2 Å². The molecule has 0 unspecified atom stereocenters. The first kappa shape index (κ1) is 13.4. The number of aliphatic hydroxyl groups is 1. The topological polar surface area (TPSA) is 41.5 Å². The maximum Gasteiger partial charge on any atom is 0.123 e. The van der Waals surface area contributed by atoms with Crippen LogP contribution in [0.5, 0.6) is 5.75 Å². The minimum absolute atomic E-state index is 0.0842. The Morgan fingerprint density at radius 2 is 1.94 bits per heavy atom. The van der Waals surface area contributed by atoms with Crippen LogP contribution in [0.1, 0.15) is 37.7 Å². The first-order valence-corrected chi connectivity index (χ1v) is 6.77. The van der Waals surface area contributed by atoms with Crippen LogP contribution in [-0.2, 0) is 6.54 Å². The summed E-state index contributed by atoms with van der Waals surface area (Å²) in [6, 6.07) is 8.04. The van der Waals surface area contributed by atoms with Gasteiger partial charge in [-0.15, -0.1) is 0 Å². The molecule has 18 heavy (non-hydrogen) atoms. The first-order chi connectivity index (χ1) is 8.79. The van der Waals surface area contributed by atoms with E-state index in [0.29, 0.717) is 0 Å². The van der Waals surface area contributed by atoms with Gasteiger partial charge in [0.25, 0.3) is 0 Å². The number of benzene rings is 1. The molecule has 0 aliphatic heterocycles. The van der Waals surface area contributed by atoms with Crippen LogP contribution in [0.2, 0.25) is 0 Å². The highest BCUT2D eigenvalue weighted by atomic mass is 16.5. The lowest BCUT2D eigenvalue weighted by Crippen LogP contribution is -2.49. The van der Waals surface area contributed by atoms with Crippen molar-refractivity contribution in [2.75, 3.05) is 13.7 Å². The molecule has 0 spiro atoms. The van der Waals surface area contributed by atoms with Crippen LogP contribution in [0.15, 0.2) is 24.3 Å². The Morgan fingerprint density at radius 1 is 1.22 bits per heavy atom. The van der Waals surface area contributed by atoms with Gasteiger partial charge < -0.3 is 15.2 Å². The van der Waals surface area contributed by atoms with Gasteiger partial charge >= 0.3 is 0 Å². The zero-order chi connectivity index (χ0) is 12.8. The van der Waals surface area contributed by atoms with Gasteiger partial charge in [0.1, 0.15) is 5.75 Å². The first-order valence-electron chi connectivity index (χ1n) is 6.77. The maximum absolute atomic E-state index is 9.65. The van der Waals surface area contributed by atoms with Crippen molar-refractivity contribution < 1.29 is 9.84 Å². The van der Waals surface area contributed by atoms with Crippen molar-refractivity contribution in [1.29, 1.82) is 0 Å². The summed E-state index contributed by atoms with van der Waals surface area (Å²) in [7, 11) is 1.70. The van der Waals surface area contributed by atoms with Crippen LogP contribution >= 0.6 is 0 Å². The third-order valence-electron chi connectivity index (χ3n) is 3.96. The van der Waals surface area contributed by atoms with Gasteiger partial charge in [-0.1, -0.05) is 37.5 Å². The number of aliphatic hydroxyl groups excluding tert-OH is 1. The molecule has 1 aliphatic rings. The van der Waals surface area contributed by atoms with Crippen molar-refractivity contribution in [1.82, 2.24) is 5.32 Å². The number of nitrogens with one attached hydrogen (secondary N) is 1. The van der Waals surface area contributed by atoms with Crippen LogP contribution in [0.4, 0.5) is 0 Å². The molecule has 2 rings (SSSR count). The van der Waals surface area contributed by atoms with Gasteiger partial charge in [-0.25, -0.2) is 0 Å². The van der Waals surface area contributed by atoms with Crippen LogP contribution in [0.3, 0.4) is 0 Å². The van der Waals surface area contributed by atoms with E-state index in [1.54, 1.807) is 7.11 Å². The normalized spacial score (nSPS) is 18.6. The average molecular weight is 249 g/mol. The average Bonchev–Trinajstić information content (AvgIpc) is 2.46. The Labute approximate surface area is 109 Å². The third-order valence-corrected chi connectivity index (χ3v) is 3.96. The molecule has 1 aromatic carbocycles. The Bertz CT molecular complexity index is 373. The summed E-state index contributed by atoms with van der Waals surface area (Å²) in [5, 5.41) is 13.2. The van der Waals surface area contributed by atoms with Crippen LogP contribution < -0.4 is 10.1 Å². The van der Waals surface area contributed by atoms with E-state index >= 15 is 0 Å². The molecule has 3 nitrogen and oxygen atoms in total. The number of hydrogen-bond acceptors (Lipinski definition) is 3. The molecule has 0 radical (unpaired) electrons. The standard InChI is InChI=1S/C15H23NO2/c1-18-14-8-4-3-7-13(14)11-16-15(12-17)9-5-2-6-10-15/h3-4,7-8,16-17H,2,5-6,9-12H2,1H3. The maximum atomic E-state index is 9.65. The van der Waals surface area contributed by atoms with Gasteiger partial charge in [0.15, 0.2) is 0 Å². The number of rotatable bonds is 5. The number of hydrogen-bond donors (Lipinski definition) is 2. The van der Waals surface area contributed by atoms with Gasteiger partial charge in [-0.3, -0.25) is 0 Å². The van der Waals surface area contributed by atoms with Crippen LogP contribution in [0.25, 0.3) is 0 Å². The fourth-order valence-corrected chi connectivity index (χ4v) is 2.75.